The number of allylic oxidation sites excluding steroid dienone is 2. The summed E-state index contributed by atoms with van der Waals surface area (Å²) in [5.74, 6) is -5.48. The van der Waals surface area contributed by atoms with E-state index in [2.05, 4.69) is 61.5 Å². The standard InChI is InChI=1S/C39H72O6.C38H62O14.C6H8O4/c1-3-5-7-21-28-36(40)30-23-17-13-9-11-15-19-25-32-38(42)44-34-27-35-45-39(43)33-26-20-16-12-10-14-18-24-31-37(41)29-22-8-6-4-2;1-7-9-11-13-20-32(52-38(46)30(6)50-36(44)28(4)40)22-15-17-24-34(42)48-26-18-25-47-33(41)23-16-14-21-31(19-12-10-8-2)51-37(45)29(5)49-35(43)27(3)39;1-3-5(7)10-4(2)6(8)9-3/h17-18,23-24,36-37,40-41H,3-16,19-22,25-35H2,1-2H3;14-17,27-32,39-40H,7-13,18-26H2,1-6H3;3-4H,1-2H3/b23-17-,24-18-;16-14-,17-15-;. The molecule has 1 saturated heterocycles. The highest BCUT2D eigenvalue weighted by Gasteiger charge is 2.32. The molecule has 107 heavy (non-hydrogen) atoms. The molecule has 0 amide bonds. The number of carbonyl (C=O) groups is 10. The molecule has 1 rings (SSSR count). The van der Waals surface area contributed by atoms with Crippen LogP contribution < -0.4 is 0 Å². The van der Waals surface area contributed by atoms with Gasteiger partial charge in [-0.05, 0) is 131 Å². The molecule has 1 aliphatic rings. The first kappa shape index (κ1) is 103. The van der Waals surface area contributed by atoms with Crippen molar-refractivity contribution in [3.63, 3.8) is 0 Å². The molecule has 0 saturated carbocycles. The molecule has 1 aliphatic heterocycles. The Kier molecular flexibility index (Phi) is 68.2. The Labute approximate surface area is 641 Å². The van der Waals surface area contributed by atoms with Crippen molar-refractivity contribution in [3.05, 3.63) is 48.6 Å². The molecular formula is C83H142O24. The van der Waals surface area contributed by atoms with Crippen LogP contribution in [0.3, 0.4) is 0 Å². The van der Waals surface area contributed by atoms with Crippen molar-refractivity contribution in [1.82, 2.24) is 0 Å². The molecule has 0 aromatic rings. The summed E-state index contributed by atoms with van der Waals surface area (Å²) >= 11 is 0. The molecule has 10 atom stereocenters. The van der Waals surface area contributed by atoms with Crippen LogP contribution >= 0.6 is 0 Å². The first-order valence-corrected chi connectivity index (χ1v) is 40.5. The maximum atomic E-state index is 12.4. The summed E-state index contributed by atoms with van der Waals surface area (Å²) in [5, 5.41) is 38.5. The van der Waals surface area contributed by atoms with Crippen LogP contribution in [0.1, 0.15) is 332 Å². The molecule has 618 valence electrons. The highest BCUT2D eigenvalue weighted by Crippen LogP contribution is 2.19. The van der Waals surface area contributed by atoms with Gasteiger partial charge in [-0.1, -0.05) is 198 Å². The molecule has 0 spiro atoms. The highest BCUT2D eigenvalue weighted by atomic mass is 16.6. The van der Waals surface area contributed by atoms with Crippen LogP contribution in [0.25, 0.3) is 0 Å². The van der Waals surface area contributed by atoms with Gasteiger partial charge in [-0.3, -0.25) is 19.2 Å². The van der Waals surface area contributed by atoms with Crippen molar-refractivity contribution in [1.29, 1.82) is 0 Å². The first-order valence-electron chi connectivity index (χ1n) is 40.5. The lowest BCUT2D eigenvalue weighted by Gasteiger charge is -2.22. The average Bonchev–Trinajstić information content (AvgIpc) is 0.881. The highest BCUT2D eigenvalue weighted by molar-refractivity contribution is 5.87. The Bertz CT molecular complexity index is 2380. The van der Waals surface area contributed by atoms with Gasteiger partial charge in [0.25, 0.3) is 0 Å². The lowest BCUT2D eigenvalue weighted by Crippen LogP contribution is -2.40. The maximum Gasteiger partial charge on any atom is 0.347 e. The van der Waals surface area contributed by atoms with Crippen LogP contribution in [-0.2, 0) is 95.3 Å². The number of rotatable bonds is 63. The Morgan fingerprint density at radius 1 is 0.346 bits per heavy atom. The number of hydrogen-bond acceptors (Lipinski definition) is 24. The van der Waals surface area contributed by atoms with E-state index in [1.54, 1.807) is 24.3 Å². The molecule has 0 aromatic heterocycles. The van der Waals surface area contributed by atoms with E-state index in [0.717, 1.165) is 161 Å². The summed E-state index contributed by atoms with van der Waals surface area (Å²) < 4.78 is 51.0. The topological polar surface area (TPSA) is 344 Å². The van der Waals surface area contributed by atoms with Crippen molar-refractivity contribution in [3.8, 4) is 0 Å². The van der Waals surface area contributed by atoms with Gasteiger partial charge in [-0.25, -0.2) is 28.8 Å². The number of aliphatic hydroxyl groups is 4. The zero-order valence-corrected chi connectivity index (χ0v) is 67.2. The molecule has 10 unspecified atom stereocenters. The molecule has 0 aliphatic carbocycles. The van der Waals surface area contributed by atoms with Gasteiger partial charge >= 0.3 is 59.7 Å². The van der Waals surface area contributed by atoms with Crippen molar-refractivity contribution >= 4 is 59.7 Å². The lowest BCUT2D eigenvalue weighted by atomic mass is 10.1. The molecule has 24 heteroatoms. The minimum atomic E-state index is -1.35. The number of hydrogen-bond donors (Lipinski definition) is 4. The normalized spacial score (nSPS) is 15.8. The molecule has 24 nitrogen and oxygen atoms in total. The number of aliphatic hydroxyl groups excluding tert-OH is 4. The van der Waals surface area contributed by atoms with Crippen LogP contribution in [0.4, 0.5) is 0 Å². The molecule has 0 radical (unpaired) electrons. The van der Waals surface area contributed by atoms with Gasteiger partial charge in [0.1, 0.15) is 24.4 Å². The second-order valence-electron chi connectivity index (χ2n) is 27.6. The zero-order valence-electron chi connectivity index (χ0n) is 67.2. The van der Waals surface area contributed by atoms with E-state index in [9.17, 15) is 68.4 Å². The third-order valence-electron chi connectivity index (χ3n) is 17.0. The summed E-state index contributed by atoms with van der Waals surface area (Å²) in [7, 11) is 0. The van der Waals surface area contributed by atoms with E-state index >= 15 is 0 Å². The van der Waals surface area contributed by atoms with Crippen LogP contribution in [0.15, 0.2) is 48.6 Å². The Balaban J connectivity index is 0. The number of unbranched alkanes of at least 4 members (excludes halogenated alkanes) is 21. The SMILES string of the molecule is CC1OC(=O)C(C)OC1=O.CCCCCCC(C/C=C\CC(=O)OCCCOC(=O)C/C=C\CC(CCCCC)OC(=O)C(C)OC(=O)C(C)O)OC(=O)C(C)OC(=O)C(C)O.CCCCCCC(O)C/C=C\CCCCCCCC(=O)OCCCOC(=O)CCCCCCC/C=C\CC(O)CCCCCC. The fraction of sp³-hybridized carbons (Fsp3) is 0.783. The van der Waals surface area contributed by atoms with E-state index < -0.39 is 96.6 Å². The molecule has 4 N–H and O–H groups in total. The molecule has 0 bridgehead atoms. The predicted octanol–water partition coefficient (Wildman–Crippen LogP) is 15.5. The Morgan fingerprint density at radius 2 is 0.645 bits per heavy atom. The third kappa shape index (κ3) is 65.1. The fourth-order valence-electron chi connectivity index (χ4n) is 10.4. The summed E-state index contributed by atoms with van der Waals surface area (Å²) in [5.41, 5.74) is 0. The van der Waals surface area contributed by atoms with Crippen molar-refractivity contribution in [2.45, 2.75) is 394 Å². The quantitative estimate of drug-likeness (QED) is 0.0190. The molecule has 1 fully saturated rings. The van der Waals surface area contributed by atoms with E-state index in [-0.39, 0.29) is 50.2 Å². The summed E-state index contributed by atoms with van der Waals surface area (Å²) in [4.78, 5) is 117. The van der Waals surface area contributed by atoms with Gasteiger partial charge in [0.15, 0.2) is 24.4 Å². The summed E-state index contributed by atoms with van der Waals surface area (Å²) in [6, 6.07) is 0. The predicted molar refractivity (Wildman–Crippen MR) is 410 cm³/mol. The van der Waals surface area contributed by atoms with Crippen molar-refractivity contribution < 1.29 is 116 Å². The minimum Gasteiger partial charge on any atom is -0.466 e. The second kappa shape index (κ2) is 71.1. The first-order chi connectivity index (χ1) is 51.3. The maximum absolute atomic E-state index is 12.4. The summed E-state index contributed by atoms with van der Waals surface area (Å²) in [6.45, 7) is 17.5. The monoisotopic (exact) mass is 1520 g/mol. The van der Waals surface area contributed by atoms with Gasteiger partial charge in [0.2, 0.25) is 0 Å². The van der Waals surface area contributed by atoms with E-state index in [1.807, 2.05) is 0 Å². The average molecular weight is 1520 g/mol. The fourth-order valence-corrected chi connectivity index (χ4v) is 10.4. The largest absolute Gasteiger partial charge is 0.466 e. The van der Waals surface area contributed by atoms with Gasteiger partial charge in [-0.2, -0.15) is 0 Å². The number of cyclic esters (lactones) is 2. The van der Waals surface area contributed by atoms with Crippen molar-refractivity contribution in [2.75, 3.05) is 26.4 Å². The van der Waals surface area contributed by atoms with E-state index in [0.29, 0.717) is 64.6 Å². The minimum absolute atomic E-state index is 0.00342. The zero-order chi connectivity index (χ0) is 80.1. The van der Waals surface area contributed by atoms with E-state index in [1.165, 1.54) is 80.1 Å². The van der Waals surface area contributed by atoms with Crippen molar-refractivity contribution in [2.24, 2.45) is 0 Å². The number of ether oxygens (including phenoxy) is 10. The van der Waals surface area contributed by atoms with Crippen LogP contribution in [-0.4, -0.2) is 168 Å². The van der Waals surface area contributed by atoms with Gasteiger partial charge in [-0.15, -0.1) is 0 Å². The smallest absolute Gasteiger partial charge is 0.347 e. The van der Waals surface area contributed by atoms with Gasteiger partial charge < -0.3 is 67.8 Å². The van der Waals surface area contributed by atoms with Crippen LogP contribution in [0, 0.1) is 0 Å². The second-order valence-corrected chi connectivity index (χ2v) is 27.6. The molecular weight excluding hydrogens is 1380 g/mol. The third-order valence-corrected chi connectivity index (χ3v) is 17.0. The Hall–Kier alpha value is -6.50. The number of carbonyl (C=O) groups excluding carboxylic acids is 10. The van der Waals surface area contributed by atoms with E-state index in [4.69, 9.17) is 37.9 Å². The van der Waals surface area contributed by atoms with Gasteiger partial charge in [0, 0.05) is 38.5 Å². The molecule has 1 heterocycles. The lowest BCUT2D eigenvalue weighted by molar-refractivity contribution is -0.191. The summed E-state index contributed by atoms with van der Waals surface area (Å²) in [6.07, 6.45) is 43.6. The molecule has 0 aromatic carbocycles. The van der Waals surface area contributed by atoms with Gasteiger partial charge in [0.05, 0.1) is 51.5 Å². The van der Waals surface area contributed by atoms with Crippen LogP contribution in [0.2, 0.25) is 0 Å². The van der Waals surface area contributed by atoms with Crippen LogP contribution in [0.5, 0.6) is 0 Å². The number of esters is 10. The Morgan fingerprint density at radius 3 is 1.00 bits per heavy atom.